The Kier molecular flexibility index (Phi) is 11.9. The minimum atomic E-state index is -3.12. The van der Waals surface area contributed by atoms with Gasteiger partial charge in [0.1, 0.15) is 17.5 Å². The van der Waals surface area contributed by atoms with Crippen molar-refractivity contribution in [1.29, 1.82) is 5.41 Å². The second-order valence-corrected chi connectivity index (χ2v) is 12.0. The third-order valence-electron chi connectivity index (χ3n) is 7.59. The minimum Gasteiger partial charge on any atom is -0.457 e. The normalized spacial score (nSPS) is 16.0. The Balaban J connectivity index is 1.27. The maximum absolute atomic E-state index is 13.8. The number of alkyl halides is 2. The highest BCUT2D eigenvalue weighted by atomic mass is 32.1. The summed E-state index contributed by atoms with van der Waals surface area (Å²) in [5.74, 6) is -1.54. The molecule has 1 saturated heterocycles. The molecule has 4 aromatic rings. The summed E-state index contributed by atoms with van der Waals surface area (Å²) in [4.78, 5) is 57.7. The molecule has 1 aliphatic rings. The van der Waals surface area contributed by atoms with Crippen molar-refractivity contribution in [2.75, 3.05) is 13.1 Å². The van der Waals surface area contributed by atoms with E-state index >= 15 is 0 Å². The Morgan fingerprint density at radius 3 is 2.26 bits per heavy atom. The number of benzene rings is 3. The van der Waals surface area contributed by atoms with Crippen molar-refractivity contribution in [2.45, 2.75) is 38.1 Å². The molecular weight excluding hydrogens is 672 g/mol. The van der Waals surface area contributed by atoms with Crippen molar-refractivity contribution < 1.29 is 42.3 Å². The van der Waals surface area contributed by atoms with E-state index in [2.05, 4.69) is 21.0 Å². The Morgan fingerprint density at radius 1 is 0.940 bits per heavy atom. The minimum absolute atomic E-state index is 0.182. The van der Waals surface area contributed by atoms with Gasteiger partial charge in [-0.25, -0.2) is 5.48 Å². The summed E-state index contributed by atoms with van der Waals surface area (Å²) >= 11 is 1.23. The highest BCUT2D eigenvalue weighted by Gasteiger charge is 2.42. The molecule has 4 N–H and O–H groups in total. The summed E-state index contributed by atoms with van der Waals surface area (Å²) in [6, 6.07) is 24.0. The van der Waals surface area contributed by atoms with E-state index in [1.807, 2.05) is 18.2 Å². The van der Waals surface area contributed by atoms with Crippen LogP contribution in [0.3, 0.4) is 0 Å². The van der Waals surface area contributed by atoms with E-state index in [9.17, 15) is 28.0 Å². The Morgan fingerprint density at radius 2 is 1.60 bits per heavy atom. The molecule has 2 heterocycles. The van der Waals surface area contributed by atoms with Gasteiger partial charge in [0.15, 0.2) is 5.84 Å². The van der Waals surface area contributed by atoms with Crippen LogP contribution in [0.2, 0.25) is 0 Å². The van der Waals surface area contributed by atoms with Crippen LogP contribution in [0, 0.1) is 5.41 Å². The first-order valence-electron chi connectivity index (χ1n) is 15.4. The topological polar surface area (TPSA) is 159 Å². The number of para-hydroxylation sites is 1. The number of rotatable bonds is 12. The first-order chi connectivity index (χ1) is 24.1. The number of carbonyl (C=O) groups is 4. The summed E-state index contributed by atoms with van der Waals surface area (Å²) < 4.78 is 36.9. The number of likely N-dealkylation sites (tertiary alicyclic amines) is 1. The monoisotopic (exact) mass is 705 g/mol. The maximum Gasteiger partial charge on any atom is 0.345 e. The van der Waals surface area contributed by atoms with Crippen molar-refractivity contribution in [3.63, 3.8) is 0 Å². The molecule has 1 unspecified atom stereocenters. The number of amides is 3. The number of carbonyl (C=O) groups excluding carboxylic acids is 4. The zero-order valence-electron chi connectivity index (χ0n) is 26.6. The summed E-state index contributed by atoms with van der Waals surface area (Å²) in [5.41, 5.74) is 3.57. The number of ether oxygens (including phenoxy) is 2. The molecule has 3 amide bonds. The molecule has 1 aliphatic heterocycles. The SMILES string of the molecule is CC(=O)ONC(=N)c1csc(C(NC(=O)[C@@H]2C[C@@H](OC(F)F)CN2C(=O)CNC(=O)c2ccc(Oc3ccccc3)cc2)c2ccccc2)c1. The van der Waals surface area contributed by atoms with Gasteiger partial charge >= 0.3 is 12.6 Å². The lowest BCUT2D eigenvalue weighted by atomic mass is 10.0. The lowest BCUT2D eigenvalue weighted by molar-refractivity contribution is -0.160. The van der Waals surface area contributed by atoms with Crippen LogP contribution in [0.1, 0.15) is 45.7 Å². The highest BCUT2D eigenvalue weighted by molar-refractivity contribution is 7.10. The standard InChI is InChI=1S/C35H33F2N5O7S/c1-21(43)49-41-32(38)24-16-29(50-20-24)31(22-8-4-2-5-9-22)40-34(46)28-17-27(48-35(36)37)19-42(28)30(44)18-39-33(45)23-12-14-26(15-13-23)47-25-10-6-3-7-11-25/h2-16,20,27-28,31,35H,17-19H2,1H3,(H2,38,41)(H,39,45)(H,40,46)/t27-,28+,31?/m1/s1. The van der Waals surface area contributed by atoms with Gasteiger partial charge in [0, 0.05) is 41.3 Å². The van der Waals surface area contributed by atoms with Crippen molar-refractivity contribution in [2.24, 2.45) is 0 Å². The molecule has 0 radical (unpaired) electrons. The number of thiophene rings is 1. The molecule has 260 valence electrons. The van der Waals surface area contributed by atoms with Crippen LogP contribution in [0.15, 0.2) is 96.4 Å². The third kappa shape index (κ3) is 9.48. The average Bonchev–Trinajstić information content (AvgIpc) is 3.77. The van der Waals surface area contributed by atoms with E-state index in [1.54, 1.807) is 66.0 Å². The molecule has 0 bridgehead atoms. The fourth-order valence-corrected chi connectivity index (χ4v) is 6.22. The zero-order chi connectivity index (χ0) is 35.6. The number of hydrogen-bond acceptors (Lipinski definition) is 9. The molecule has 1 fully saturated rings. The van der Waals surface area contributed by atoms with Crippen molar-refractivity contribution in [1.82, 2.24) is 21.0 Å². The third-order valence-corrected chi connectivity index (χ3v) is 8.58. The summed E-state index contributed by atoms with van der Waals surface area (Å²) in [5, 5.41) is 15.3. The van der Waals surface area contributed by atoms with E-state index < -0.39 is 55.0 Å². The second kappa shape index (κ2) is 16.6. The van der Waals surface area contributed by atoms with Crippen LogP contribution >= 0.6 is 11.3 Å². The fraction of sp³-hybridized carbons (Fsp3) is 0.229. The molecule has 3 aromatic carbocycles. The van der Waals surface area contributed by atoms with E-state index in [-0.39, 0.29) is 24.4 Å². The first kappa shape index (κ1) is 35.6. The summed E-state index contributed by atoms with van der Waals surface area (Å²) in [6.45, 7) is -2.73. The summed E-state index contributed by atoms with van der Waals surface area (Å²) in [7, 11) is 0. The van der Waals surface area contributed by atoms with Gasteiger partial charge in [-0.2, -0.15) is 8.78 Å². The van der Waals surface area contributed by atoms with E-state index in [0.717, 1.165) is 4.90 Å². The molecule has 0 aliphatic carbocycles. The van der Waals surface area contributed by atoms with Gasteiger partial charge in [0.25, 0.3) is 5.91 Å². The molecule has 0 spiro atoms. The number of halogens is 2. The van der Waals surface area contributed by atoms with Gasteiger partial charge in [-0.15, -0.1) is 11.3 Å². The molecule has 15 heteroatoms. The van der Waals surface area contributed by atoms with Crippen LogP contribution in [-0.4, -0.2) is 66.3 Å². The van der Waals surface area contributed by atoms with Crippen LogP contribution in [-0.2, 0) is 24.0 Å². The van der Waals surface area contributed by atoms with E-state index in [4.69, 9.17) is 14.9 Å². The lowest BCUT2D eigenvalue weighted by Gasteiger charge is -2.26. The number of hydroxylamine groups is 1. The molecule has 3 atom stereocenters. The number of nitrogens with one attached hydrogen (secondary N) is 4. The molecular formula is C35H33F2N5O7S. The Bertz CT molecular complexity index is 1810. The van der Waals surface area contributed by atoms with Crippen LogP contribution in [0.4, 0.5) is 8.78 Å². The molecule has 1 aromatic heterocycles. The molecule has 12 nitrogen and oxygen atoms in total. The largest absolute Gasteiger partial charge is 0.457 e. The van der Waals surface area contributed by atoms with E-state index in [1.165, 1.54) is 30.4 Å². The van der Waals surface area contributed by atoms with Crippen LogP contribution < -0.4 is 20.9 Å². The average molecular weight is 706 g/mol. The van der Waals surface area contributed by atoms with Crippen molar-refractivity contribution in [3.05, 3.63) is 118 Å². The van der Waals surface area contributed by atoms with Gasteiger partial charge < -0.3 is 29.8 Å². The quantitative estimate of drug-likeness (QED) is 0.0932. The van der Waals surface area contributed by atoms with Gasteiger partial charge in [-0.05, 0) is 48.0 Å². The fourth-order valence-electron chi connectivity index (χ4n) is 5.24. The second-order valence-electron chi connectivity index (χ2n) is 11.1. The summed E-state index contributed by atoms with van der Waals surface area (Å²) in [6.07, 6.45) is -1.33. The van der Waals surface area contributed by atoms with Crippen LogP contribution in [0.25, 0.3) is 0 Å². The smallest absolute Gasteiger partial charge is 0.345 e. The highest BCUT2D eigenvalue weighted by Crippen LogP contribution is 2.30. The maximum atomic E-state index is 13.8. The van der Waals surface area contributed by atoms with E-state index in [0.29, 0.717) is 27.5 Å². The molecule has 0 saturated carbocycles. The predicted octanol–water partition coefficient (Wildman–Crippen LogP) is 4.78. The van der Waals surface area contributed by atoms with Crippen molar-refractivity contribution in [3.8, 4) is 11.5 Å². The molecule has 5 rings (SSSR count). The Hall–Kier alpha value is -5.67. The van der Waals surface area contributed by atoms with Crippen LogP contribution in [0.5, 0.6) is 11.5 Å². The van der Waals surface area contributed by atoms with Gasteiger partial charge in [-0.1, -0.05) is 48.5 Å². The zero-order valence-corrected chi connectivity index (χ0v) is 27.5. The Labute approximate surface area is 289 Å². The molecule has 50 heavy (non-hydrogen) atoms. The lowest BCUT2D eigenvalue weighted by Crippen LogP contribution is -2.49. The first-order valence-corrected chi connectivity index (χ1v) is 16.3. The number of amidine groups is 1. The predicted molar refractivity (Wildman–Crippen MR) is 179 cm³/mol. The van der Waals surface area contributed by atoms with Gasteiger partial charge in [-0.3, -0.25) is 24.6 Å². The number of nitrogens with zero attached hydrogens (tertiary/aromatic N) is 1. The van der Waals surface area contributed by atoms with Crippen molar-refractivity contribution >= 4 is 40.9 Å². The van der Waals surface area contributed by atoms with Gasteiger partial charge in [0.2, 0.25) is 11.8 Å². The number of hydrogen-bond donors (Lipinski definition) is 4. The van der Waals surface area contributed by atoms with Gasteiger partial charge in [0.05, 0.1) is 18.7 Å².